The fourth-order valence-corrected chi connectivity index (χ4v) is 1.22. The first-order valence-corrected chi connectivity index (χ1v) is 5.72. The summed E-state index contributed by atoms with van der Waals surface area (Å²) in [5, 5.41) is 0. The first kappa shape index (κ1) is 16.7. The highest BCUT2D eigenvalue weighted by molar-refractivity contribution is 5.89. The molecule has 8 heteroatoms. The highest BCUT2D eigenvalue weighted by atomic mass is 19.4. The van der Waals surface area contributed by atoms with E-state index in [0.29, 0.717) is 5.56 Å². The van der Waals surface area contributed by atoms with Crippen LogP contribution >= 0.6 is 0 Å². The van der Waals surface area contributed by atoms with Crippen LogP contribution in [0, 0.1) is 0 Å². The zero-order valence-corrected chi connectivity index (χ0v) is 10.8. The molecule has 0 heterocycles. The van der Waals surface area contributed by atoms with Crippen LogP contribution in [0.2, 0.25) is 0 Å². The van der Waals surface area contributed by atoms with Crippen molar-refractivity contribution in [1.29, 1.82) is 0 Å². The molecule has 0 saturated heterocycles. The second kappa shape index (κ2) is 7.44. The van der Waals surface area contributed by atoms with Gasteiger partial charge in [0.05, 0.1) is 12.1 Å². The van der Waals surface area contributed by atoms with E-state index >= 15 is 0 Å². The maximum Gasteiger partial charge on any atom is 0.492 e. The second-order valence-electron chi connectivity index (χ2n) is 3.79. The molecule has 1 aromatic carbocycles. The summed E-state index contributed by atoms with van der Waals surface area (Å²) < 4.78 is 40.3. The Bertz CT molecular complexity index is 511. The zero-order valence-electron chi connectivity index (χ0n) is 10.8. The van der Waals surface area contributed by atoms with Gasteiger partial charge >= 0.3 is 18.1 Å². The fraction of sp³-hybridized carbons (Fsp3) is 0.231. The maximum absolute atomic E-state index is 11.8. The van der Waals surface area contributed by atoms with E-state index in [9.17, 15) is 22.8 Å². The van der Waals surface area contributed by atoms with E-state index < -0.39 is 18.1 Å². The van der Waals surface area contributed by atoms with Crippen molar-refractivity contribution in [2.24, 2.45) is 0 Å². The molecule has 0 amide bonds. The van der Waals surface area contributed by atoms with Crippen molar-refractivity contribution in [2.75, 3.05) is 6.61 Å². The minimum absolute atomic E-state index is 0.0789. The van der Waals surface area contributed by atoms with Crippen LogP contribution in [0.4, 0.5) is 13.2 Å². The Balaban J connectivity index is 2.46. The van der Waals surface area contributed by atoms with Gasteiger partial charge in [-0.2, -0.15) is 13.2 Å². The number of rotatable bonds is 6. The van der Waals surface area contributed by atoms with E-state index in [1.54, 1.807) is 0 Å². The smallest absolute Gasteiger partial charge is 0.458 e. The lowest BCUT2D eigenvalue weighted by Crippen LogP contribution is -2.31. The molecular weight excluding hydrogens is 291 g/mol. The summed E-state index contributed by atoms with van der Waals surface area (Å²) in [4.78, 5) is 25.7. The summed E-state index contributed by atoms with van der Waals surface area (Å²) >= 11 is 0. The third-order valence-electron chi connectivity index (χ3n) is 2.19. The third-order valence-corrected chi connectivity index (χ3v) is 2.19. The number of ether oxygens (including phenoxy) is 1. The van der Waals surface area contributed by atoms with Crippen molar-refractivity contribution >= 4 is 11.9 Å². The van der Waals surface area contributed by atoms with Crippen molar-refractivity contribution < 1.29 is 32.3 Å². The molecule has 1 aromatic rings. The molecule has 21 heavy (non-hydrogen) atoms. The van der Waals surface area contributed by atoms with Gasteiger partial charge in [0.1, 0.15) is 6.61 Å². The van der Waals surface area contributed by atoms with Gasteiger partial charge in [-0.1, -0.05) is 24.8 Å². The van der Waals surface area contributed by atoms with Crippen LogP contribution in [-0.4, -0.2) is 24.7 Å². The Morgan fingerprint density at radius 1 is 1.24 bits per heavy atom. The van der Waals surface area contributed by atoms with Crippen LogP contribution in [0.25, 0.3) is 0 Å². The summed E-state index contributed by atoms with van der Waals surface area (Å²) in [7, 11) is 0. The normalized spacial score (nSPS) is 10.8. The average Bonchev–Trinajstić information content (AvgIpc) is 2.44. The molecule has 0 saturated carbocycles. The minimum Gasteiger partial charge on any atom is -0.458 e. The van der Waals surface area contributed by atoms with E-state index in [1.165, 1.54) is 30.3 Å². The number of hydrogen-bond acceptors (Lipinski definition) is 5. The minimum atomic E-state index is -5.05. The summed E-state index contributed by atoms with van der Waals surface area (Å²) in [6.07, 6.45) is -3.63. The number of hydroxylamine groups is 1. The number of hydrogen-bond donors (Lipinski definition) is 1. The number of carbonyl (C=O) groups is 2. The number of alkyl halides is 3. The number of halogens is 3. The van der Waals surface area contributed by atoms with Crippen molar-refractivity contribution in [2.45, 2.75) is 12.7 Å². The van der Waals surface area contributed by atoms with E-state index in [2.05, 4.69) is 11.4 Å². The van der Waals surface area contributed by atoms with Gasteiger partial charge in [0.15, 0.2) is 0 Å². The average molecular weight is 303 g/mol. The lowest BCUT2D eigenvalue weighted by molar-refractivity contribution is -0.207. The van der Waals surface area contributed by atoms with Gasteiger partial charge in [0.2, 0.25) is 0 Å². The van der Waals surface area contributed by atoms with E-state index in [0.717, 1.165) is 0 Å². The molecule has 5 nitrogen and oxygen atoms in total. The molecule has 0 atom stereocenters. The Hall–Kier alpha value is -2.35. The van der Waals surface area contributed by atoms with Gasteiger partial charge < -0.3 is 9.57 Å². The second-order valence-corrected chi connectivity index (χ2v) is 3.79. The van der Waals surface area contributed by atoms with E-state index in [1.807, 2.05) is 5.48 Å². The molecule has 1 rings (SSSR count). The predicted molar refractivity (Wildman–Crippen MR) is 65.9 cm³/mol. The summed E-state index contributed by atoms with van der Waals surface area (Å²) in [5.74, 6) is -2.87. The highest BCUT2D eigenvalue weighted by Gasteiger charge is 2.41. The van der Waals surface area contributed by atoms with Crippen LogP contribution in [-0.2, 0) is 20.9 Å². The molecule has 0 radical (unpaired) electrons. The molecule has 0 fully saturated rings. The molecule has 0 aliphatic carbocycles. The zero-order chi connectivity index (χ0) is 15.9. The first-order chi connectivity index (χ1) is 9.84. The molecule has 114 valence electrons. The van der Waals surface area contributed by atoms with Crippen LogP contribution in [0.15, 0.2) is 36.9 Å². The maximum atomic E-state index is 11.8. The number of esters is 1. The van der Waals surface area contributed by atoms with Crippen molar-refractivity contribution in [1.82, 2.24) is 5.48 Å². The quantitative estimate of drug-likeness (QED) is 0.495. The summed E-state index contributed by atoms with van der Waals surface area (Å²) in [5.41, 5.74) is 2.70. The van der Waals surface area contributed by atoms with Crippen molar-refractivity contribution in [3.8, 4) is 0 Å². The Labute approximate surface area is 118 Å². The van der Waals surface area contributed by atoms with Crippen LogP contribution in [0.5, 0.6) is 0 Å². The lowest BCUT2D eigenvalue weighted by atomic mass is 10.1. The highest BCUT2D eigenvalue weighted by Crippen LogP contribution is 2.15. The topological polar surface area (TPSA) is 64.6 Å². The monoisotopic (exact) mass is 303 g/mol. The van der Waals surface area contributed by atoms with Gasteiger partial charge in [-0.05, 0) is 17.7 Å². The van der Waals surface area contributed by atoms with Crippen molar-refractivity contribution in [3.05, 3.63) is 48.0 Å². The molecular formula is C13H12F3NO4. The molecule has 1 N–H and O–H groups in total. The van der Waals surface area contributed by atoms with Crippen LogP contribution in [0.3, 0.4) is 0 Å². The van der Waals surface area contributed by atoms with Gasteiger partial charge in [0.25, 0.3) is 0 Å². The van der Waals surface area contributed by atoms with Gasteiger partial charge in [0, 0.05) is 0 Å². The molecule has 0 aliphatic rings. The molecule has 0 aromatic heterocycles. The first-order valence-electron chi connectivity index (χ1n) is 5.72. The standard InChI is InChI=1S/C13H12F3NO4/c1-2-7-20-11(18)10-5-3-9(4-6-10)8-17-21-12(19)13(14,15)16/h2-6,17H,1,7-8H2. The molecule has 0 aliphatic heterocycles. The van der Waals surface area contributed by atoms with E-state index in [-0.39, 0.29) is 18.7 Å². The summed E-state index contributed by atoms with van der Waals surface area (Å²) in [6, 6.07) is 5.85. The Morgan fingerprint density at radius 3 is 2.38 bits per heavy atom. The molecule has 0 spiro atoms. The number of nitrogens with one attached hydrogen (secondary N) is 1. The molecule has 0 bridgehead atoms. The predicted octanol–water partition coefficient (Wildman–Crippen LogP) is 2.14. The lowest BCUT2D eigenvalue weighted by Gasteiger charge is -2.08. The third kappa shape index (κ3) is 5.65. The fourth-order valence-electron chi connectivity index (χ4n) is 1.22. The van der Waals surface area contributed by atoms with Crippen molar-refractivity contribution in [3.63, 3.8) is 0 Å². The SMILES string of the molecule is C=CCOC(=O)c1ccc(CNOC(=O)C(F)(F)F)cc1. The Morgan fingerprint density at radius 2 is 1.86 bits per heavy atom. The Kier molecular flexibility index (Phi) is 5.92. The molecule has 0 unspecified atom stereocenters. The van der Waals surface area contributed by atoms with Crippen LogP contribution < -0.4 is 5.48 Å². The van der Waals surface area contributed by atoms with Crippen LogP contribution in [0.1, 0.15) is 15.9 Å². The van der Waals surface area contributed by atoms with Gasteiger partial charge in [-0.15, -0.1) is 5.48 Å². The van der Waals surface area contributed by atoms with Gasteiger partial charge in [-0.25, -0.2) is 9.59 Å². The largest absolute Gasteiger partial charge is 0.492 e. The van der Waals surface area contributed by atoms with Gasteiger partial charge in [-0.3, -0.25) is 0 Å². The van der Waals surface area contributed by atoms with E-state index in [4.69, 9.17) is 4.74 Å². The number of carbonyl (C=O) groups excluding carboxylic acids is 2. The summed E-state index contributed by atoms with van der Waals surface area (Å²) in [6.45, 7) is 3.34. The number of benzene rings is 1.